The first-order valence-corrected chi connectivity index (χ1v) is 14.5. The quantitative estimate of drug-likeness (QED) is 0.210. The average Bonchev–Trinajstić information content (AvgIpc) is 2.97. The molecule has 1 saturated heterocycles. The van der Waals surface area contributed by atoms with Crippen molar-refractivity contribution in [2.75, 3.05) is 0 Å². The van der Waals surface area contributed by atoms with Crippen molar-refractivity contribution in [3.8, 4) is 0 Å². The maximum absolute atomic E-state index is 12.9. The van der Waals surface area contributed by atoms with E-state index in [0.29, 0.717) is 0 Å². The van der Waals surface area contributed by atoms with Crippen LogP contribution >= 0.6 is 15.9 Å². The molecule has 5 nitrogen and oxygen atoms in total. The summed E-state index contributed by atoms with van der Waals surface area (Å²) < 4.78 is 6.34. The Hall–Kier alpha value is -2.84. The minimum absolute atomic E-state index is 0.00565. The SMILES string of the molecule is OC(Cc1ccccc1)[C@H]1OC(Br)[C@@](O)(Cc2ccccc2)[C@](O)(Cc2ccccc2)[C@@]1(O)Cc1ccccc1. The van der Waals surface area contributed by atoms with Crippen molar-refractivity contribution >= 4 is 15.9 Å². The van der Waals surface area contributed by atoms with Crippen LogP contribution in [-0.4, -0.2) is 54.5 Å². The van der Waals surface area contributed by atoms with Gasteiger partial charge in [-0.15, -0.1) is 0 Å². The molecule has 2 unspecified atom stereocenters. The monoisotopic (exact) mass is 602 g/mol. The van der Waals surface area contributed by atoms with E-state index in [1.807, 2.05) is 121 Å². The van der Waals surface area contributed by atoms with Crippen molar-refractivity contribution < 1.29 is 25.2 Å². The van der Waals surface area contributed by atoms with Crippen molar-refractivity contribution in [2.24, 2.45) is 0 Å². The van der Waals surface area contributed by atoms with E-state index >= 15 is 0 Å². The second-order valence-electron chi connectivity index (χ2n) is 10.8. The molecule has 4 aromatic rings. The van der Waals surface area contributed by atoms with E-state index in [4.69, 9.17) is 4.74 Å². The van der Waals surface area contributed by atoms with Crippen molar-refractivity contribution in [3.05, 3.63) is 144 Å². The van der Waals surface area contributed by atoms with Gasteiger partial charge in [-0.2, -0.15) is 0 Å². The van der Waals surface area contributed by atoms with Crippen molar-refractivity contribution in [2.45, 2.75) is 59.7 Å². The largest absolute Gasteiger partial charge is 0.390 e. The lowest BCUT2D eigenvalue weighted by atomic mass is 9.59. The summed E-state index contributed by atoms with van der Waals surface area (Å²) in [6, 6.07) is 37.4. The van der Waals surface area contributed by atoms with Gasteiger partial charge < -0.3 is 25.2 Å². The highest BCUT2D eigenvalue weighted by atomic mass is 79.9. The molecular formula is C34H35BrO5. The summed E-state index contributed by atoms with van der Waals surface area (Å²) in [5.74, 6) is 0. The van der Waals surface area contributed by atoms with Crippen LogP contribution in [0.25, 0.3) is 0 Å². The van der Waals surface area contributed by atoms with E-state index in [1.165, 1.54) is 0 Å². The molecular weight excluding hydrogens is 568 g/mol. The van der Waals surface area contributed by atoms with E-state index in [2.05, 4.69) is 15.9 Å². The van der Waals surface area contributed by atoms with Gasteiger partial charge in [-0.1, -0.05) is 137 Å². The Bertz CT molecular complexity index is 1360. The topological polar surface area (TPSA) is 90.2 Å². The lowest BCUT2D eigenvalue weighted by Gasteiger charge is -2.61. The average molecular weight is 604 g/mol. The van der Waals surface area contributed by atoms with Gasteiger partial charge in [0.25, 0.3) is 0 Å². The molecule has 1 aliphatic heterocycles. The molecule has 0 spiro atoms. The van der Waals surface area contributed by atoms with Gasteiger partial charge in [0.1, 0.15) is 27.9 Å². The fourth-order valence-electron chi connectivity index (χ4n) is 6.01. The second-order valence-corrected chi connectivity index (χ2v) is 11.7. The summed E-state index contributed by atoms with van der Waals surface area (Å²) in [5.41, 5.74) is -3.10. The third-order valence-electron chi connectivity index (χ3n) is 8.12. The number of benzene rings is 4. The van der Waals surface area contributed by atoms with Crippen LogP contribution in [0.4, 0.5) is 0 Å². The molecule has 1 aliphatic rings. The summed E-state index contributed by atoms with van der Waals surface area (Å²) in [6.45, 7) is 0. The number of rotatable bonds is 9. The zero-order chi connectivity index (χ0) is 28.2. The molecule has 40 heavy (non-hydrogen) atoms. The van der Waals surface area contributed by atoms with Crippen molar-refractivity contribution in [1.29, 1.82) is 0 Å². The summed E-state index contributed by atoms with van der Waals surface area (Å²) >= 11 is 3.53. The van der Waals surface area contributed by atoms with E-state index in [0.717, 1.165) is 22.3 Å². The van der Waals surface area contributed by atoms with Crippen molar-refractivity contribution in [1.82, 2.24) is 0 Å². The minimum atomic E-state index is -2.15. The molecule has 208 valence electrons. The highest BCUT2D eigenvalue weighted by Crippen LogP contribution is 2.51. The lowest BCUT2D eigenvalue weighted by molar-refractivity contribution is -0.348. The van der Waals surface area contributed by atoms with E-state index in [-0.39, 0.29) is 25.7 Å². The Labute approximate surface area is 243 Å². The van der Waals surface area contributed by atoms with Crippen LogP contribution in [0.1, 0.15) is 22.3 Å². The molecule has 4 N–H and O–H groups in total. The summed E-state index contributed by atoms with van der Waals surface area (Å²) in [6.07, 6.45) is -2.33. The molecule has 0 amide bonds. The highest BCUT2D eigenvalue weighted by molar-refractivity contribution is 9.09. The summed E-state index contributed by atoms with van der Waals surface area (Å²) in [4.78, 5) is 0. The van der Waals surface area contributed by atoms with Gasteiger partial charge in [0.15, 0.2) is 0 Å². The molecule has 0 aromatic heterocycles. The Morgan fingerprint density at radius 2 is 0.950 bits per heavy atom. The Morgan fingerprint density at radius 1 is 0.575 bits per heavy atom. The van der Waals surface area contributed by atoms with Crippen LogP contribution in [0.15, 0.2) is 121 Å². The maximum Gasteiger partial charge on any atom is 0.144 e. The van der Waals surface area contributed by atoms with Crippen LogP contribution in [-0.2, 0) is 30.4 Å². The molecule has 1 heterocycles. The molecule has 6 heteroatoms. The molecule has 0 saturated carbocycles. The number of ether oxygens (including phenoxy) is 1. The summed E-state index contributed by atoms with van der Waals surface area (Å²) in [7, 11) is 0. The Kier molecular flexibility index (Phi) is 8.57. The molecule has 0 radical (unpaired) electrons. The number of aliphatic hydroxyl groups excluding tert-OH is 1. The number of halogens is 1. The molecule has 0 aliphatic carbocycles. The Balaban J connectivity index is 1.66. The van der Waals surface area contributed by atoms with Gasteiger partial charge in [-0.05, 0) is 22.3 Å². The number of hydrogen-bond acceptors (Lipinski definition) is 5. The van der Waals surface area contributed by atoms with Crippen LogP contribution in [0.2, 0.25) is 0 Å². The molecule has 0 bridgehead atoms. The fraction of sp³-hybridized carbons (Fsp3) is 0.294. The van der Waals surface area contributed by atoms with Gasteiger partial charge in [-0.3, -0.25) is 0 Å². The predicted molar refractivity (Wildman–Crippen MR) is 159 cm³/mol. The lowest BCUT2D eigenvalue weighted by Crippen LogP contribution is -2.82. The number of hydrogen-bond donors (Lipinski definition) is 4. The maximum atomic E-state index is 12.9. The van der Waals surface area contributed by atoms with Gasteiger partial charge in [0.05, 0.1) is 6.10 Å². The van der Waals surface area contributed by atoms with Gasteiger partial charge in [0.2, 0.25) is 0 Å². The Morgan fingerprint density at radius 3 is 1.40 bits per heavy atom. The van der Waals surface area contributed by atoms with Gasteiger partial charge >= 0.3 is 0 Å². The third-order valence-corrected chi connectivity index (χ3v) is 9.09. The van der Waals surface area contributed by atoms with Crippen LogP contribution in [0.5, 0.6) is 0 Å². The first kappa shape index (κ1) is 28.7. The van der Waals surface area contributed by atoms with Gasteiger partial charge in [-0.25, -0.2) is 0 Å². The van der Waals surface area contributed by atoms with E-state index in [1.54, 1.807) is 0 Å². The standard InChI is InChI=1S/C34H35BrO5/c35-31-33(38,23-27-17-9-3-10-18-27)34(39,24-28-19-11-4-12-20-28)32(37,22-26-15-7-2-8-16-26)30(40-31)29(36)21-25-13-5-1-6-14-25/h1-20,29-31,36-39H,21-24H2/t29?,30-,31?,32-,33+,34+/m1/s1. The fourth-order valence-corrected chi connectivity index (χ4v) is 6.78. The molecule has 4 aromatic carbocycles. The van der Waals surface area contributed by atoms with Crippen LogP contribution in [0.3, 0.4) is 0 Å². The first-order chi connectivity index (χ1) is 19.2. The molecule has 1 fully saturated rings. The number of alkyl halides is 1. The van der Waals surface area contributed by atoms with E-state index < -0.39 is 34.0 Å². The van der Waals surface area contributed by atoms with Crippen LogP contribution in [0, 0.1) is 0 Å². The second kappa shape index (κ2) is 12.0. The highest BCUT2D eigenvalue weighted by Gasteiger charge is 2.71. The smallest absolute Gasteiger partial charge is 0.144 e. The first-order valence-electron chi connectivity index (χ1n) is 13.6. The zero-order valence-corrected chi connectivity index (χ0v) is 23.8. The third kappa shape index (κ3) is 5.53. The normalized spacial score (nSPS) is 29.1. The minimum Gasteiger partial charge on any atom is -0.390 e. The van der Waals surface area contributed by atoms with Gasteiger partial charge in [0, 0.05) is 25.7 Å². The van der Waals surface area contributed by atoms with E-state index in [9.17, 15) is 20.4 Å². The number of aliphatic hydroxyl groups is 4. The predicted octanol–water partition coefficient (Wildman–Crippen LogP) is 4.63. The van der Waals surface area contributed by atoms with Crippen LogP contribution < -0.4 is 0 Å². The molecule has 6 atom stereocenters. The molecule has 5 rings (SSSR count). The van der Waals surface area contributed by atoms with Crippen molar-refractivity contribution in [3.63, 3.8) is 0 Å². The zero-order valence-electron chi connectivity index (χ0n) is 22.2. The summed E-state index contributed by atoms with van der Waals surface area (Å²) in [5, 5.41) is 48.8.